The summed E-state index contributed by atoms with van der Waals surface area (Å²) < 4.78 is 30.5. The van der Waals surface area contributed by atoms with Gasteiger partial charge >= 0.3 is 0 Å². The van der Waals surface area contributed by atoms with Gasteiger partial charge in [-0.15, -0.1) is 0 Å². The van der Waals surface area contributed by atoms with Gasteiger partial charge in [0, 0.05) is 24.6 Å². The highest BCUT2D eigenvalue weighted by molar-refractivity contribution is 7.92. The quantitative estimate of drug-likeness (QED) is 0.901. The molecule has 4 rings (SSSR count). The van der Waals surface area contributed by atoms with Crippen molar-refractivity contribution in [3.63, 3.8) is 0 Å². The molecular formula is C18H22N2O3S. The molecule has 5 nitrogen and oxygen atoms in total. The topological polar surface area (TPSA) is 72.2 Å². The van der Waals surface area contributed by atoms with Crippen molar-refractivity contribution in [2.75, 3.05) is 0 Å². The molecule has 0 atom stereocenters. The predicted molar refractivity (Wildman–Crippen MR) is 90.4 cm³/mol. The molecule has 0 bridgehead atoms. The molecule has 1 aromatic heterocycles. The second-order valence-electron chi connectivity index (χ2n) is 6.77. The SMILES string of the molecule is O=S(=O)(c1ccccc1)C1CC(NCc2noc3c2CCCC3)C1. The van der Waals surface area contributed by atoms with Gasteiger partial charge in [-0.1, -0.05) is 23.4 Å². The van der Waals surface area contributed by atoms with Gasteiger partial charge in [-0.3, -0.25) is 0 Å². The Morgan fingerprint density at radius 2 is 1.88 bits per heavy atom. The largest absolute Gasteiger partial charge is 0.361 e. The number of sulfone groups is 1. The fourth-order valence-electron chi connectivity index (χ4n) is 3.62. The predicted octanol–water partition coefficient (Wildman–Crippen LogP) is 2.65. The molecule has 2 aromatic rings. The van der Waals surface area contributed by atoms with E-state index >= 15 is 0 Å². The van der Waals surface area contributed by atoms with Crippen molar-refractivity contribution in [1.29, 1.82) is 0 Å². The van der Waals surface area contributed by atoms with Crippen molar-refractivity contribution in [1.82, 2.24) is 10.5 Å². The summed E-state index contributed by atoms with van der Waals surface area (Å²) >= 11 is 0. The molecule has 0 amide bonds. The van der Waals surface area contributed by atoms with Crippen molar-refractivity contribution >= 4 is 9.84 Å². The molecule has 0 spiro atoms. The number of benzene rings is 1. The first kappa shape index (κ1) is 15.8. The Bertz CT molecular complexity index is 808. The lowest BCUT2D eigenvalue weighted by atomic mass is 9.91. The molecule has 0 unspecified atom stereocenters. The minimum atomic E-state index is -3.20. The van der Waals surface area contributed by atoms with E-state index in [4.69, 9.17) is 4.52 Å². The molecule has 1 aromatic carbocycles. The highest BCUT2D eigenvalue weighted by atomic mass is 32.2. The Morgan fingerprint density at radius 3 is 2.67 bits per heavy atom. The number of nitrogens with one attached hydrogen (secondary N) is 1. The van der Waals surface area contributed by atoms with E-state index in [-0.39, 0.29) is 11.3 Å². The van der Waals surface area contributed by atoms with E-state index in [9.17, 15) is 8.42 Å². The van der Waals surface area contributed by atoms with Crippen LogP contribution < -0.4 is 5.32 Å². The van der Waals surface area contributed by atoms with Gasteiger partial charge in [0.2, 0.25) is 0 Å². The average Bonchev–Trinajstić information content (AvgIpc) is 2.97. The normalized spacial score (nSPS) is 23.5. The molecule has 2 aliphatic carbocycles. The van der Waals surface area contributed by atoms with Gasteiger partial charge in [-0.25, -0.2) is 8.42 Å². The smallest absolute Gasteiger partial charge is 0.181 e. The van der Waals surface area contributed by atoms with Crippen LogP contribution in [0.2, 0.25) is 0 Å². The second-order valence-corrected chi connectivity index (χ2v) is 9.00. The average molecular weight is 346 g/mol. The van der Waals surface area contributed by atoms with Gasteiger partial charge in [-0.2, -0.15) is 0 Å². The van der Waals surface area contributed by atoms with Crippen molar-refractivity contribution in [2.24, 2.45) is 0 Å². The summed E-state index contributed by atoms with van der Waals surface area (Å²) in [6.07, 6.45) is 5.74. The Kier molecular flexibility index (Phi) is 4.18. The minimum Gasteiger partial charge on any atom is -0.361 e. The highest BCUT2D eigenvalue weighted by Crippen LogP contribution is 2.32. The van der Waals surface area contributed by atoms with Gasteiger partial charge in [0.25, 0.3) is 0 Å². The number of nitrogens with zero attached hydrogens (tertiary/aromatic N) is 1. The maximum Gasteiger partial charge on any atom is 0.181 e. The van der Waals surface area contributed by atoms with Crippen LogP contribution in [-0.2, 0) is 29.2 Å². The van der Waals surface area contributed by atoms with Gasteiger partial charge in [-0.05, 0) is 44.2 Å². The van der Waals surface area contributed by atoms with Gasteiger partial charge in [0.05, 0.1) is 10.1 Å². The first-order valence-electron chi connectivity index (χ1n) is 8.63. The Morgan fingerprint density at radius 1 is 1.12 bits per heavy atom. The number of rotatable bonds is 5. The maximum atomic E-state index is 12.5. The van der Waals surface area contributed by atoms with Crippen molar-refractivity contribution in [3.05, 3.63) is 47.3 Å². The van der Waals surface area contributed by atoms with Crippen molar-refractivity contribution < 1.29 is 12.9 Å². The molecule has 1 saturated carbocycles. The lowest BCUT2D eigenvalue weighted by molar-refractivity contribution is 0.328. The Labute approximate surface area is 142 Å². The van der Waals surface area contributed by atoms with E-state index in [1.54, 1.807) is 24.3 Å². The minimum absolute atomic E-state index is 0.240. The van der Waals surface area contributed by atoms with E-state index in [2.05, 4.69) is 10.5 Å². The Balaban J connectivity index is 1.33. The monoisotopic (exact) mass is 346 g/mol. The third kappa shape index (κ3) is 2.89. The number of aromatic nitrogens is 1. The lowest BCUT2D eigenvalue weighted by Crippen LogP contribution is -2.47. The molecule has 0 aliphatic heterocycles. The standard InChI is InChI=1S/C18H22N2O3S/c21-24(22,14-6-2-1-3-7-14)15-10-13(11-15)19-12-17-16-8-4-5-9-18(16)23-20-17/h1-3,6-7,13,15,19H,4-5,8-12H2. The van der Waals surface area contributed by atoms with Crippen LogP contribution in [-0.4, -0.2) is 24.9 Å². The van der Waals surface area contributed by atoms with E-state index in [0.717, 1.165) is 24.3 Å². The van der Waals surface area contributed by atoms with E-state index < -0.39 is 9.84 Å². The molecule has 6 heteroatoms. The van der Waals surface area contributed by atoms with Crippen LogP contribution in [0.5, 0.6) is 0 Å². The van der Waals surface area contributed by atoms with E-state index in [0.29, 0.717) is 24.3 Å². The number of hydrogen-bond acceptors (Lipinski definition) is 5. The van der Waals surface area contributed by atoms with Gasteiger partial charge in [0.1, 0.15) is 11.5 Å². The third-order valence-electron chi connectivity index (χ3n) is 5.20. The molecule has 2 aliphatic rings. The van der Waals surface area contributed by atoms with Crippen LogP contribution in [0.15, 0.2) is 39.8 Å². The second kappa shape index (κ2) is 6.33. The summed E-state index contributed by atoms with van der Waals surface area (Å²) in [4.78, 5) is 0.430. The molecule has 128 valence electrons. The summed E-state index contributed by atoms with van der Waals surface area (Å²) in [7, 11) is -3.20. The molecule has 0 saturated heterocycles. The summed E-state index contributed by atoms with van der Waals surface area (Å²) in [5.74, 6) is 1.04. The zero-order valence-electron chi connectivity index (χ0n) is 13.6. The number of fused-ring (bicyclic) bond motifs is 1. The molecule has 1 heterocycles. The molecular weight excluding hydrogens is 324 g/mol. The first-order chi connectivity index (χ1) is 11.6. The number of aryl methyl sites for hydroxylation is 1. The molecule has 1 fully saturated rings. The maximum absolute atomic E-state index is 12.5. The molecule has 0 radical (unpaired) electrons. The van der Waals surface area contributed by atoms with Crippen molar-refractivity contribution in [2.45, 2.75) is 61.3 Å². The first-order valence-corrected chi connectivity index (χ1v) is 10.2. The molecule has 1 N–H and O–H groups in total. The van der Waals surface area contributed by atoms with Crippen LogP contribution in [0.25, 0.3) is 0 Å². The summed E-state index contributed by atoms with van der Waals surface area (Å²) in [6.45, 7) is 0.668. The van der Waals surface area contributed by atoms with Gasteiger partial charge < -0.3 is 9.84 Å². The van der Waals surface area contributed by atoms with Crippen LogP contribution >= 0.6 is 0 Å². The molecule has 24 heavy (non-hydrogen) atoms. The highest BCUT2D eigenvalue weighted by Gasteiger charge is 2.39. The van der Waals surface area contributed by atoms with E-state index in [1.807, 2.05) is 6.07 Å². The van der Waals surface area contributed by atoms with Crippen LogP contribution in [0.1, 0.15) is 42.7 Å². The van der Waals surface area contributed by atoms with Crippen molar-refractivity contribution in [3.8, 4) is 0 Å². The summed E-state index contributed by atoms with van der Waals surface area (Å²) in [6, 6.07) is 8.98. The zero-order chi connectivity index (χ0) is 16.6. The fraction of sp³-hybridized carbons (Fsp3) is 0.500. The lowest BCUT2D eigenvalue weighted by Gasteiger charge is -2.35. The van der Waals surface area contributed by atoms with E-state index in [1.165, 1.54) is 18.4 Å². The zero-order valence-corrected chi connectivity index (χ0v) is 14.4. The third-order valence-corrected chi connectivity index (χ3v) is 7.39. The summed E-state index contributed by atoms with van der Waals surface area (Å²) in [5, 5.41) is 7.35. The van der Waals surface area contributed by atoms with Crippen LogP contribution in [0.4, 0.5) is 0 Å². The fourth-order valence-corrected chi connectivity index (χ4v) is 5.51. The van der Waals surface area contributed by atoms with Crippen LogP contribution in [0, 0.1) is 0 Å². The van der Waals surface area contributed by atoms with Gasteiger partial charge in [0.15, 0.2) is 9.84 Å². The Hall–Kier alpha value is -1.66. The summed E-state index contributed by atoms with van der Waals surface area (Å²) in [5.41, 5.74) is 2.26. The van der Waals surface area contributed by atoms with Crippen LogP contribution in [0.3, 0.4) is 0 Å². The number of hydrogen-bond donors (Lipinski definition) is 1.